The van der Waals surface area contributed by atoms with Gasteiger partial charge in [-0.1, -0.05) is 18.5 Å². The molecule has 1 saturated heterocycles. The Hall–Kier alpha value is -4.04. The van der Waals surface area contributed by atoms with Crippen molar-refractivity contribution in [1.82, 2.24) is 25.4 Å². The molecule has 1 aliphatic carbocycles. The lowest BCUT2D eigenvalue weighted by Crippen LogP contribution is -2.57. The molecule has 10 nitrogen and oxygen atoms in total. The summed E-state index contributed by atoms with van der Waals surface area (Å²) in [5.41, 5.74) is -1.55. The van der Waals surface area contributed by atoms with Gasteiger partial charge in [-0.2, -0.15) is 10.4 Å². The van der Waals surface area contributed by atoms with Crippen molar-refractivity contribution in [3.05, 3.63) is 68.6 Å². The summed E-state index contributed by atoms with van der Waals surface area (Å²) in [6.45, 7) is 10.1. The molecule has 0 spiro atoms. The normalized spacial score (nSPS) is 23.0. The van der Waals surface area contributed by atoms with Crippen LogP contribution in [0.4, 0.5) is 4.39 Å². The van der Waals surface area contributed by atoms with E-state index in [9.17, 15) is 19.6 Å². The second-order valence-corrected chi connectivity index (χ2v) is 12.2. The molecule has 1 aliphatic heterocycles. The van der Waals surface area contributed by atoms with E-state index in [0.29, 0.717) is 29.3 Å². The summed E-state index contributed by atoms with van der Waals surface area (Å²) in [5, 5.41) is 19.2. The Bertz CT molecular complexity index is 1580. The number of aromatic amines is 1. The highest BCUT2D eigenvalue weighted by Gasteiger charge is 2.54. The number of nitriles is 1. The van der Waals surface area contributed by atoms with Gasteiger partial charge >= 0.3 is 5.56 Å². The van der Waals surface area contributed by atoms with Crippen LogP contribution in [0, 0.1) is 36.0 Å². The number of aromatic nitrogens is 3. The summed E-state index contributed by atoms with van der Waals surface area (Å²) in [6.07, 6.45) is 4.04. The molecule has 42 heavy (non-hydrogen) atoms. The predicted molar refractivity (Wildman–Crippen MR) is 154 cm³/mol. The molecular weight excluding hydrogens is 563 g/mol. The predicted octanol–water partition coefficient (Wildman–Crippen LogP) is 4.99. The van der Waals surface area contributed by atoms with E-state index in [0.717, 1.165) is 0 Å². The van der Waals surface area contributed by atoms with Gasteiger partial charge in [0.05, 0.1) is 28.9 Å². The van der Waals surface area contributed by atoms with Crippen LogP contribution in [0.1, 0.15) is 68.8 Å². The van der Waals surface area contributed by atoms with E-state index >= 15 is 4.39 Å². The van der Waals surface area contributed by atoms with E-state index < -0.39 is 46.3 Å². The topological polar surface area (TPSA) is 141 Å². The van der Waals surface area contributed by atoms with Crippen molar-refractivity contribution in [3.63, 3.8) is 0 Å². The molecule has 2 aromatic rings. The largest absolute Gasteiger partial charge is 0.450 e. The van der Waals surface area contributed by atoms with Crippen LogP contribution < -0.4 is 15.6 Å². The van der Waals surface area contributed by atoms with E-state index in [2.05, 4.69) is 26.6 Å². The van der Waals surface area contributed by atoms with Crippen LogP contribution in [0.2, 0.25) is 0 Å². The molecule has 2 aliphatic rings. The summed E-state index contributed by atoms with van der Waals surface area (Å²) in [7, 11) is 0. The van der Waals surface area contributed by atoms with Gasteiger partial charge in [0, 0.05) is 22.6 Å². The highest BCUT2D eigenvalue weighted by molar-refractivity contribution is 6.29. The Labute approximate surface area is 248 Å². The van der Waals surface area contributed by atoms with E-state index in [4.69, 9.17) is 16.3 Å². The number of aryl methyl sites for hydroxylation is 2. The Morgan fingerprint density at radius 2 is 2.00 bits per heavy atom. The van der Waals surface area contributed by atoms with E-state index in [1.165, 1.54) is 30.4 Å². The standard InChI is InChI=1S/C30H34ClFN6O4/c1-16-13-22(27(40)37-36-16)42-21-9-8-20(34-17(21)2)26(39)35-18(3)28(41)38-24(29(4,5)15-33)11-12-25(38)30(6)14-19(31)7-10-23(30)32/h7-10,13,18,24-25H,11-12,14H2,1-6H3,(H,35,39)(H,37,40)/t18-,24-,25+,30?/m1/s1. The number of nitrogens with one attached hydrogen (secondary N) is 2. The van der Waals surface area contributed by atoms with Crippen molar-refractivity contribution in [2.75, 3.05) is 0 Å². The molecular formula is C30H34ClFN6O4. The third-order valence-corrected chi connectivity index (χ3v) is 8.35. The van der Waals surface area contributed by atoms with E-state index in [1.807, 2.05) is 0 Å². The minimum Gasteiger partial charge on any atom is -0.450 e. The molecule has 0 aromatic carbocycles. The summed E-state index contributed by atoms with van der Waals surface area (Å²) in [6, 6.07) is 4.64. The third-order valence-electron chi connectivity index (χ3n) is 8.09. The zero-order valence-electron chi connectivity index (χ0n) is 24.4. The zero-order valence-corrected chi connectivity index (χ0v) is 25.2. The minimum atomic E-state index is -1.07. The van der Waals surface area contributed by atoms with E-state index in [-0.39, 0.29) is 29.4 Å². The van der Waals surface area contributed by atoms with Gasteiger partial charge in [0.2, 0.25) is 5.91 Å². The Morgan fingerprint density at radius 3 is 2.67 bits per heavy atom. The number of likely N-dealkylation sites (tertiary alicyclic amines) is 1. The number of allylic oxidation sites excluding steroid dienone is 3. The number of hydrogen-bond donors (Lipinski definition) is 2. The molecule has 2 N–H and O–H groups in total. The number of hydrogen-bond acceptors (Lipinski definition) is 7. The van der Waals surface area contributed by atoms with Gasteiger partial charge in [0.1, 0.15) is 23.3 Å². The Kier molecular flexibility index (Phi) is 8.60. The van der Waals surface area contributed by atoms with Gasteiger partial charge in [-0.25, -0.2) is 14.5 Å². The lowest BCUT2D eigenvalue weighted by Gasteiger charge is -2.45. The molecule has 0 saturated carbocycles. The SMILES string of the molecule is Cc1cc(Oc2ccc(C(=O)N[C@H](C)C(=O)N3[C@H](C4(C)CC(Cl)=CC=C4F)CC[C@@H]3C(C)(C)C#N)nc2C)c(=O)[nH]n1. The fourth-order valence-corrected chi connectivity index (χ4v) is 6.01. The molecule has 1 fully saturated rings. The van der Waals surface area contributed by atoms with Crippen molar-refractivity contribution in [1.29, 1.82) is 5.26 Å². The molecule has 12 heteroatoms. The maximum absolute atomic E-state index is 15.3. The van der Waals surface area contributed by atoms with Crippen LogP contribution in [-0.4, -0.2) is 50.0 Å². The van der Waals surface area contributed by atoms with Crippen molar-refractivity contribution in [2.24, 2.45) is 10.8 Å². The molecule has 0 radical (unpaired) electrons. The fourth-order valence-electron chi connectivity index (χ4n) is 5.67. The monoisotopic (exact) mass is 596 g/mol. The van der Waals surface area contributed by atoms with Crippen molar-refractivity contribution >= 4 is 23.4 Å². The van der Waals surface area contributed by atoms with Gasteiger partial charge in [-0.15, -0.1) is 0 Å². The number of H-pyrrole nitrogens is 1. The molecule has 4 rings (SSSR count). The lowest BCUT2D eigenvalue weighted by atomic mass is 9.74. The molecule has 3 heterocycles. The number of pyridine rings is 1. The van der Waals surface area contributed by atoms with Crippen LogP contribution >= 0.6 is 11.6 Å². The first-order valence-corrected chi connectivity index (χ1v) is 14.0. The molecule has 4 atom stereocenters. The quantitative estimate of drug-likeness (QED) is 0.459. The number of halogens is 2. The number of nitrogens with zero attached hydrogens (tertiary/aromatic N) is 4. The maximum atomic E-state index is 15.3. The van der Waals surface area contributed by atoms with Crippen LogP contribution in [0.5, 0.6) is 11.5 Å². The molecule has 222 valence electrons. The minimum absolute atomic E-state index is 0.0357. The Morgan fingerprint density at radius 1 is 1.29 bits per heavy atom. The van der Waals surface area contributed by atoms with Crippen LogP contribution in [0.3, 0.4) is 0 Å². The average molecular weight is 597 g/mol. The van der Waals surface area contributed by atoms with Crippen LogP contribution in [-0.2, 0) is 4.79 Å². The summed E-state index contributed by atoms with van der Waals surface area (Å²) in [4.78, 5) is 45.1. The lowest BCUT2D eigenvalue weighted by molar-refractivity contribution is -0.140. The number of ether oxygens (including phenoxy) is 1. The number of carbonyl (C=O) groups is 2. The van der Waals surface area contributed by atoms with Crippen molar-refractivity contribution in [2.45, 2.75) is 78.9 Å². The third kappa shape index (κ3) is 5.95. The summed E-state index contributed by atoms with van der Waals surface area (Å²) >= 11 is 6.31. The molecule has 2 amide bonds. The van der Waals surface area contributed by atoms with Gasteiger partial charge in [0.25, 0.3) is 5.91 Å². The number of rotatable bonds is 7. The number of amides is 2. The summed E-state index contributed by atoms with van der Waals surface area (Å²) < 4.78 is 21.0. The zero-order chi connectivity index (χ0) is 31.0. The highest BCUT2D eigenvalue weighted by atomic mass is 35.5. The average Bonchev–Trinajstić information content (AvgIpc) is 3.40. The molecule has 2 aromatic heterocycles. The fraction of sp³-hybridized carbons (Fsp3) is 0.467. The first-order valence-electron chi connectivity index (χ1n) is 13.7. The van der Waals surface area contributed by atoms with Gasteiger partial charge in [-0.3, -0.25) is 14.4 Å². The highest BCUT2D eigenvalue weighted by Crippen LogP contribution is 2.50. The van der Waals surface area contributed by atoms with Gasteiger partial charge in [-0.05, 0) is 78.2 Å². The first-order chi connectivity index (χ1) is 19.7. The van der Waals surface area contributed by atoms with Crippen molar-refractivity contribution < 1.29 is 18.7 Å². The summed E-state index contributed by atoms with van der Waals surface area (Å²) in [5.74, 6) is -1.10. The Balaban J connectivity index is 1.55. The molecule has 1 unspecified atom stereocenters. The second-order valence-electron chi connectivity index (χ2n) is 11.7. The van der Waals surface area contributed by atoms with Gasteiger partial charge in [0.15, 0.2) is 5.75 Å². The smallest absolute Gasteiger partial charge is 0.307 e. The first kappa shape index (κ1) is 30.9. The van der Waals surface area contributed by atoms with Gasteiger partial charge < -0.3 is 15.0 Å². The number of carbonyl (C=O) groups excluding carboxylic acids is 2. The molecule has 0 bridgehead atoms. The van der Waals surface area contributed by atoms with Crippen molar-refractivity contribution in [3.8, 4) is 17.6 Å². The van der Waals surface area contributed by atoms with Crippen LogP contribution in [0.15, 0.2) is 46.0 Å². The van der Waals surface area contributed by atoms with Crippen LogP contribution in [0.25, 0.3) is 0 Å². The second kappa shape index (κ2) is 11.7. The van der Waals surface area contributed by atoms with E-state index in [1.54, 1.807) is 46.4 Å². The maximum Gasteiger partial charge on any atom is 0.307 e.